The van der Waals surface area contributed by atoms with Crippen molar-refractivity contribution in [2.45, 2.75) is 19.3 Å². The van der Waals surface area contributed by atoms with Crippen LogP contribution in [0.15, 0.2) is 65.9 Å². The molecule has 0 unspecified atom stereocenters. The zero-order chi connectivity index (χ0) is 16.6. The largest absolute Gasteiger partial charge is 0.256 e. The van der Waals surface area contributed by atoms with Gasteiger partial charge in [0.1, 0.15) is 0 Å². The van der Waals surface area contributed by atoms with E-state index in [4.69, 9.17) is 9.98 Å². The average molecular weight is 324 g/mol. The van der Waals surface area contributed by atoms with Crippen molar-refractivity contribution in [3.63, 3.8) is 0 Å². The number of aromatic nitrogens is 3. The summed E-state index contributed by atoms with van der Waals surface area (Å²) in [5.74, 6) is 0. The maximum absolute atomic E-state index is 4.89. The van der Waals surface area contributed by atoms with Gasteiger partial charge in [-0.1, -0.05) is 18.2 Å². The topological polar surface area (TPSA) is 51.0 Å². The third-order valence-electron chi connectivity index (χ3n) is 4.67. The van der Waals surface area contributed by atoms with Gasteiger partial charge in [-0.25, -0.2) is 4.98 Å². The molecule has 0 saturated carbocycles. The Morgan fingerprint density at radius 3 is 2.68 bits per heavy atom. The SMILES string of the molecule is c1ccc2nc(CCC3=Nc4c(ccc5ncccc45)C3)cnc2c1. The summed E-state index contributed by atoms with van der Waals surface area (Å²) in [6, 6.07) is 16.3. The molecule has 120 valence electrons. The van der Waals surface area contributed by atoms with Crippen molar-refractivity contribution in [3.8, 4) is 0 Å². The minimum Gasteiger partial charge on any atom is -0.256 e. The van der Waals surface area contributed by atoms with Crippen LogP contribution in [0.1, 0.15) is 17.7 Å². The maximum Gasteiger partial charge on any atom is 0.0890 e. The van der Waals surface area contributed by atoms with E-state index in [1.807, 2.05) is 42.7 Å². The van der Waals surface area contributed by atoms with Crippen LogP contribution < -0.4 is 0 Å². The predicted octanol–water partition coefficient (Wildman–Crippen LogP) is 4.44. The van der Waals surface area contributed by atoms with Crippen LogP contribution in [0.5, 0.6) is 0 Å². The molecule has 0 spiro atoms. The Kier molecular flexibility index (Phi) is 3.27. The van der Waals surface area contributed by atoms with Crippen molar-refractivity contribution in [2.75, 3.05) is 0 Å². The molecule has 0 aliphatic carbocycles. The summed E-state index contributed by atoms with van der Waals surface area (Å²) in [5.41, 5.74) is 7.51. The molecular weight excluding hydrogens is 308 g/mol. The summed E-state index contributed by atoms with van der Waals surface area (Å²) in [6.45, 7) is 0. The van der Waals surface area contributed by atoms with Crippen molar-refractivity contribution >= 4 is 33.3 Å². The van der Waals surface area contributed by atoms with Gasteiger partial charge in [0.15, 0.2) is 0 Å². The van der Waals surface area contributed by atoms with Gasteiger partial charge in [0.2, 0.25) is 0 Å². The van der Waals surface area contributed by atoms with Crippen molar-refractivity contribution in [2.24, 2.45) is 4.99 Å². The number of hydrogen-bond acceptors (Lipinski definition) is 4. The molecule has 0 N–H and O–H groups in total. The number of hydrogen-bond donors (Lipinski definition) is 0. The van der Waals surface area contributed by atoms with Crippen LogP contribution in [0.3, 0.4) is 0 Å². The van der Waals surface area contributed by atoms with E-state index in [1.54, 1.807) is 0 Å². The molecule has 0 amide bonds. The van der Waals surface area contributed by atoms with Crippen molar-refractivity contribution in [3.05, 3.63) is 72.2 Å². The van der Waals surface area contributed by atoms with Gasteiger partial charge in [0.05, 0.1) is 27.9 Å². The molecule has 0 atom stereocenters. The fraction of sp³-hybridized carbons (Fsp3) is 0.143. The summed E-state index contributed by atoms with van der Waals surface area (Å²) >= 11 is 0. The van der Waals surface area contributed by atoms with Crippen LogP contribution >= 0.6 is 0 Å². The minimum atomic E-state index is 0.862. The number of para-hydroxylation sites is 2. The van der Waals surface area contributed by atoms with Gasteiger partial charge in [-0.2, -0.15) is 0 Å². The highest BCUT2D eigenvalue weighted by molar-refractivity contribution is 6.02. The first-order chi connectivity index (χ1) is 12.4. The second-order valence-electron chi connectivity index (χ2n) is 6.35. The van der Waals surface area contributed by atoms with Crippen molar-refractivity contribution < 1.29 is 0 Å². The van der Waals surface area contributed by atoms with Crippen LogP contribution in [0.2, 0.25) is 0 Å². The van der Waals surface area contributed by atoms with E-state index < -0.39 is 0 Å². The van der Waals surface area contributed by atoms with Crippen LogP contribution in [0.25, 0.3) is 21.9 Å². The van der Waals surface area contributed by atoms with E-state index >= 15 is 0 Å². The molecule has 1 aliphatic heterocycles. The molecular formula is C21H16N4. The first-order valence-electron chi connectivity index (χ1n) is 8.50. The number of aryl methyl sites for hydroxylation is 1. The molecule has 4 nitrogen and oxygen atoms in total. The lowest BCUT2D eigenvalue weighted by Gasteiger charge is -2.02. The second-order valence-corrected chi connectivity index (χ2v) is 6.35. The minimum absolute atomic E-state index is 0.862. The van der Waals surface area contributed by atoms with E-state index in [2.05, 4.69) is 28.2 Å². The monoisotopic (exact) mass is 324 g/mol. The number of aliphatic imine (C=N–C) groups is 1. The molecule has 0 radical (unpaired) electrons. The average Bonchev–Trinajstić information content (AvgIpc) is 3.10. The van der Waals surface area contributed by atoms with E-state index in [0.717, 1.165) is 52.6 Å². The number of nitrogens with zero attached hydrogens (tertiary/aromatic N) is 4. The number of fused-ring (bicyclic) bond motifs is 4. The third kappa shape index (κ3) is 2.56. The Bertz CT molecular complexity index is 1130. The predicted molar refractivity (Wildman–Crippen MR) is 100 cm³/mol. The van der Waals surface area contributed by atoms with Gasteiger partial charge < -0.3 is 0 Å². The van der Waals surface area contributed by atoms with Crippen LogP contribution in [-0.4, -0.2) is 20.7 Å². The summed E-state index contributed by atoms with van der Waals surface area (Å²) in [6.07, 6.45) is 6.39. The molecule has 0 bridgehead atoms. The lowest BCUT2D eigenvalue weighted by atomic mass is 10.0. The highest BCUT2D eigenvalue weighted by Gasteiger charge is 2.17. The van der Waals surface area contributed by atoms with Crippen LogP contribution in [0, 0.1) is 0 Å². The van der Waals surface area contributed by atoms with Crippen LogP contribution in [0.4, 0.5) is 5.69 Å². The quantitative estimate of drug-likeness (QED) is 0.560. The van der Waals surface area contributed by atoms with Gasteiger partial charge in [-0.15, -0.1) is 0 Å². The molecule has 5 rings (SSSR count). The highest BCUT2D eigenvalue weighted by atomic mass is 14.8. The first kappa shape index (κ1) is 14.2. The molecule has 2 aromatic heterocycles. The Balaban J connectivity index is 1.40. The molecule has 0 fully saturated rings. The Morgan fingerprint density at radius 2 is 1.72 bits per heavy atom. The van der Waals surface area contributed by atoms with Gasteiger partial charge in [-0.3, -0.25) is 15.0 Å². The number of benzene rings is 2. The zero-order valence-electron chi connectivity index (χ0n) is 13.7. The molecule has 1 aliphatic rings. The fourth-order valence-electron chi connectivity index (χ4n) is 3.41. The standard InChI is InChI=1S/C21H16N4/c1-2-6-20-19(5-1)23-13-16(24-20)9-8-15-12-14-7-10-18-17(21(14)25-15)4-3-11-22-18/h1-7,10-11,13H,8-9,12H2. The summed E-state index contributed by atoms with van der Waals surface area (Å²) in [7, 11) is 0. The van der Waals surface area contributed by atoms with Gasteiger partial charge in [-0.05, 0) is 48.7 Å². The van der Waals surface area contributed by atoms with Crippen LogP contribution in [-0.2, 0) is 12.8 Å². The molecule has 0 saturated heterocycles. The summed E-state index contributed by atoms with van der Waals surface area (Å²) < 4.78 is 0. The number of pyridine rings is 1. The molecule has 4 aromatic rings. The smallest absolute Gasteiger partial charge is 0.0890 e. The summed E-state index contributed by atoms with van der Waals surface area (Å²) in [5, 5.41) is 1.14. The Hall–Kier alpha value is -3.14. The first-order valence-corrected chi connectivity index (χ1v) is 8.50. The Morgan fingerprint density at radius 1 is 0.800 bits per heavy atom. The normalized spacial score (nSPS) is 13.2. The van der Waals surface area contributed by atoms with Crippen molar-refractivity contribution in [1.29, 1.82) is 0 Å². The summed E-state index contributed by atoms with van der Waals surface area (Å²) in [4.78, 5) is 18.5. The highest BCUT2D eigenvalue weighted by Crippen LogP contribution is 2.34. The number of rotatable bonds is 3. The molecule has 2 aromatic carbocycles. The molecule has 25 heavy (non-hydrogen) atoms. The van der Waals surface area contributed by atoms with Gasteiger partial charge in [0, 0.05) is 29.9 Å². The lowest BCUT2D eigenvalue weighted by Crippen LogP contribution is -2.02. The maximum atomic E-state index is 4.89. The van der Waals surface area contributed by atoms with Gasteiger partial charge in [0.25, 0.3) is 0 Å². The Labute approximate surface area is 145 Å². The van der Waals surface area contributed by atoms with E-state index in [1.165, 1.54) is 11.3 Å². The van der Waals surface area contributed by atoms with E-state index in [9.17, 15) is 0 Å². The third-order valence-corrected chi connectivity index (χ3v) is 4.67. The molecule has 4 heteroatoms. The van der Waals surface area contributed by atoms with E-state index in [0.29, 0.717) is 0 Å². The van der Waals surface area contributed by atoms with E-state index in [-0.39, 0.29) is 0 Å². The zero-order valence-corrected chi connectivity index (χ0v) is 13.7. The second kappa shape index (κ2) is 5.74. The molecule has 3 heterocycles. The van der Waals surface area contributed by atoms with Gasteiger partial charge >= 0.3 is 0 Å². The lowest BCUT2D eigenvalue weighted by molar-refractivity contribution is 0.959. The van der Waals surface area contributed by atoms with Crippen molar-refractivity contribution in [1.82, 2.24) is 15.0 Å². The fourth-order valence-corrected chi connectivity index (χ4v) is 3.41.